The van der Waals surface area contributed by atoms with Crippen molar-refractivity contribution in [3.05, 3.63) is 77.0 Å². The van der Waals surface area contributed by atoms with E-state index < -0.39 is 0 Å². The van der Waals surface area contributed by atoms with Crippen LogP contribution in [0, 0.1) is 11.3 Å². The minimum absolute atomic E-state index is 0.622. The molecule has 2 aromatic carbocycles. The number of benzene rings is 2. The first kappa shape index (κ1) is 15.1. The van der Waals surface area contributed by atoms with Crippen LogP contribution in [0.1, 0.15) is 5.56 Å². The van der Waals surface area contributed by atoms with Crippen LogP contribution in [0.4, 0.5) is 22.7 Å². The Morgan fingerprint density at radius 1 is 0.957 bits per heavy atom. The monoisotopic (exact) mass is 364 g/mol. The van der Waals surface area contributed by atoms with Crippen molar-refractivity contribution in [3.63, 3.8) is 0 Å². The summed E-state index contributed by atoms with van der Waals surface area (Å²) in [6, 6.07) is 21.1. The zero-order valence-corrected chi connectivity index (χ0v) is 13.7. The van der Waals surface area contributed by atoms with Crippen LogP contribution >= 0.6 is 15.9 Å². The highest BCUT2D eigenvalue weighted by molar-refractivity contribution is 9.10. The molecule has 1 heterocycles. The van der Waals surface area contributed by atoms with Crippen LogP contribution in [-0.2, 0) is 0 Å². The van der Waals surface area contributed by atoms with Crippen LogP contribution < -0.4 is 10.6 Å². The molecule has 1 aromatic heterocycles. The van der Waals surface area contributed by atoms with Crippen molar-refractivity contribution < 1.29 is 0 Å². The third-order valence-corrected chi connectivity index (χ3v) is 3.79. The normalized spacial score (nSPS) is 10.1. The Kier molecular flexibility index (Phi) is 4.26. The predicted octanol–water partition coefficient (Wildman–Crippen LogP) is 4.77. The second kappa shape index (κ2) is 6.51. The van der Waals surface area contributed by atoms with Crippen molar-refractivity contribution in [1.82, 2.24) is 4.98 Å². The molecule has 23 heavy (non-hydrogen) atoms. The SMILES string of the molecule is N#Cc1ccc(N(c2cccc(N)c2)c2ccnc(Br)c2)cc1. The summed E-state index contributed by atoms with van der Waals surface area (Å²) in [7, 11) is 0. The molecule has 0 fully saturated rings. The summed E-state index contributed by atoms with van der Waals surface area (Å²) in [6.45, 7) is 0. The van der Waals surface area contributed by atoms with E-state index >= 15 is 0 Å². The second-order valence-electron chi connectivity index (χ2n) is 4.93. The molecule has 0 saturated carbocycles. The maximum absolute atomic E-state index is 8.98. The van der Waals surface area contributed by atoms with Crippen LogP contribution in [0.15, 0.2) is 71.5 Å². The molecule has 0 spiro atoms. The standard InChI is InChI=1S/C18H13BrN4/c19-18-11-17(8-9-22-18)23(16-3-1-2-14(21)10-16)15-6-4-13(12-20)5-7-15/h1-11H,21H2. The van der Waals surface area contributed by atoms with Crippen LogP contribution in [0.3, 0.4) is 0 Å². The Morgan fingerprint density at radius 2 is 1.70 bits per heavy atom. The lowest BCUT2D eigenvalue weighted by Crippen LogP contribution is -2.10. The van der Waals surface area contributed by atoms with Gasteiger partial charge in [0.15, 0.2) is 0 Å². The first-order valence-electron chi connectivity index (χ1n) is 6.95. The maximum Gasteiger partial charge on any atom is 0.108 e. The third kappa shape index (κ3) is 3.33. The number of nitrogens with two attached hydrogens (primary N) is 1. The molecule has 112 valence electrons. The number of hydrogen-bond donors (Lipinski definition) is 1. The lowest BCUT2D eigenvalue weighted by atomic mass is 10.1. The van der Waals surface area contributed by atoms with E-state index in [0.29, 0.717) is 11.3 Å². The molecule has 0 radical (unpaired) electrons. The molecular weight excluding hydrogens is 352 g/mol. The van der Waals surface area contributed by atoms with E-state index in [0.717, 1.165) is 21.7 Å². The Balaban J connectivity index is 2.15. The molecule has 0 aliphatic heterocycles. The van der Waals surface area contributed by atoms with Gasteiger partial charge in [-0.3, -0.25) is 0 Å². The highest BCUT2D eigenvalue weighted by atomic mass is 79.9. The summed E-state index contributed by atoms with van der Waals surface area (Å²) in [4.78, 5) is 6.24. The molecule has 0 saturated heterocycles. The van der Waals surface area contributed by atoms with E-state index in [1.165, 1.54) is 0 Å². The molecule has 4 nitrogen and oxygen atoms in total. The van der Waals surface area contributed by atoms with Gasteiger partial charge in [-0.25, -0.2) is 4.98 Å². The van der Waals surface area contributed by atoms with Gasteiger partial charge in [0.1, 0.15) is 4.60 Å². The van der Waals surface area contributed by atoms with Crippen LogP contribution in [0.2, 0.25) is 0 Å². The van der Waals surface area contributed by atoms with Crippen molar-refractivity contribution >= 4 is 38.7 Å². The molecule has 3 rings (SSSR count). The van der Waals surface area contributed by atoms with Crippen LogP contribution in [0.25, 0.3) is 0 Å². The number of halogens is 1. The Morgan fingerprint density at radius 3 is 2.35 bits per heavy atom. The fourth-order valence-corrected chi connectivity index (χ4v) is 2.68. The molecule has 5 heteroatoms. The Bertz CT molecular complexity index is 823. The van der Waals surface area contributed by atoms with Crippen molar-refractivity contribution in [3.8, 4) is 6.07 Å². The summed E-state index contributed by atoms with van der Waals surface area (Å²) >= 11 is 3.41. The maximum atomic E-state index is 8.98. The molecular formula is C18H13BrN4. The average molecular weight is 365 g/mol. The van der Waals surface area contributed by atoms with Gasteiger partial charge in [0.2, 0.25) is 0 Å². The van der Waals surface area contributed by atoms with E-state index in [1.807, 2.05) is 48.5 Å². The van der Waals surface area contributed by atoms with Gasteiger partial charge >= 0.3 is 0 Å². The van der Waals surface area contributed by atoms with E-state index in [9.17, 15) is 0 Å². The molecule has 0 unspecified atom stereocenters. The lowest BCUT2D eigenvalue weighted by molar-refractivity contribution is 1.22. The summed E-state index contributed by atoms with van der Waals surface area (Å²) in [5.41, 5.74) is 10.1. The van der Waals surface area contributed by atoms with Crippen molar-refractivity contribution in [1.29, 1.82) is 5.26 Å². The number of rotatable bonds is 3. The van der Waals surface area contributed by atoms with Crippen LogP contribution in [-0.4, -0.2) is 4.98 Å². The number of nitrogen functional groups attached to an aromatic ring is 1. The van der Waals surface area contributed by atoms with Gasteiger partial charge in [-0.05, 0) is 70.5 Å². The number of nitrogens with zero attached hydrogens (tertiary/aromatic N) is 3. The largest absolute Gasteiger partial charge is 0.399 e. The van der Waals surface area contributed by atoms with Crippen molar-refractivity contribution in [2.45, 2.75) is 0 Å². The molecule has 3 aromatic rings. The van der Waals surface area contributed by atoms with Crippen LogP contribution in [0.5, 0.6) is 0 Å². The van der Waals surface area contributed by atoms with Crippen molar-refractivity contribution in [2.75, 3.05) is 10.6 Å². The molecule has 0 bridgehead atoms. The summed E-state index contributed by atoms with van der Waals surface area (Å²) in [5.74, 6) is 0. The topological polar surface area (TPSA) is 65.9 Å². The minimum Gasteiger partial charge on any atom is -0.399 e. The van der Waals surface area contributed by atoms with Gasteiger partial charge < -0.3 is 10.6 Å². The fourth-order valence-electron chi connectivity index (χ4n) is 2.33. The quantitative estimate of drug-likeness (QED) is 0.536. The zero-order valence-electron chi connectivity index (χ0n) is 12.1. The first-order chi connectivity index (χ1) is 11.2. The van der Waals surface area contributed by atoms with Gasteiger partial charge in [-0.2, -0.15) is 5.26 Å². The van der Waals surface area contributed by atoms with E-state index in [4.69, 9.17) is 11.0 Å². The molecule has 2 N–H and O–H groups in total. The summed E-state index contributed by atoms with van der Waals surface area (Å²) in [5, 5.41) is 8.98. The average Bonchev–Trinajstić information content (AvgIpc) is 2.56. The van der Waals surface area contributed by atoms with Gasteiger partial charge in [-0.1, -0.05) is 6.07 Å². The van der Waals surface area contributed by atoms with Gasteiger partial charge in [0.05, 0.1) is 17.3 Å². The van der Waals surface area contributed by atoms with Gasteiger partial charge in [0, 0.05) is 23.3 Å². The highest BCUT2D eigenvalue weighted by Crippen LogP contribution is 2.35. The Labute approximate surface area is 142 Å². The fraction of sp³-hybridized carbons (Fsp3) is 0. The van der Waals surface area contributed by atoms with E-state index in [2.05, 4.69) is 31.9 Å². The summed E-state index contributed by atoms with van der Waals surface area (Å²) < 4.78 is 0.748. The molecule has 0 atom stereocenters. The minimum atomic E-state index is 0.622. The second-order valence-corrected chi connectivity index (χ2v) is 5.74. The molecule has 0 aliphatic rings. The van der Waals surface area contributed by atoms with E-state index in [1.54, 1.807) is 18.3 Å². The number of nitriles is 1. The van der Waals surface area contributed by atoms with Gasteiger partial charge in [0.25, 0.3) is 0 Å². The van der Waals surface area contributed by atoms with Gasteiger partial charge in [-0.15, -0.1) is 0 Å². The Hall–Kier alpha value is -2.84. The summed E-state index contributed by atoms with van der Waals surface area (Å²) in [6.07, 6.45) is 1.74. The molecule has 0 amide bonds. The lowest BCUT2D eigenvalue weighted by Gasteiger charge is -2.25. The zero-order chi connectivity index (χ0) is 16.2. The predicted molar refractivity (Wildman–Crippen MR) is 95.7 cm³/mol. The number of pyridine rings is 1. The first-order valence-corrected chi connectivity index (χ1v) is 7.74. The third-order valence-electron chi connectivity index (χ3n) is 3.35. The number of anilines is 4. The number of hydrogen-bond acceptors (Lipinski definition) is 4. The number of aromatic nitrogens is 1. The smallest absolute Gasteiger partial charge is 0.108 e. The highest BCUT2D eigenvalue weighted by Gasteiger charge is 2.13. The molecule has 0 aliphatic carbocycles. The van der Waals surface area contributed by atoms with E-state index in [-0.39, 0.29) is 0 Å². The van der Waals surface area contributed by atoms with Crippen molar-refractivity contribution in [2.24, 2.45) is 0 Å².